The summed E-state index contributed by atoms with van der Waals surface area (Å²) in [6.45, 7) is 7.65. The molecule has 0 radical (unpaired) electrons. The number of carboxylic acids is 4. The molecule has 296 valence electrons. The number of aromatic nitrogens is 4. The number of carbonyl (C=O) groups excluding carboxylic acids is 2. The standard InChI is InChI=1S/4C8H8O2.2C7H6N2.Zn/c4*1-6-2-4-7(5-3-6)8(9)10;2*1-2-4-7-6(3-1)8-5-9-7;/h4*2-5H,1H3,(H,9,10);2*1-5H,(H,8,9);/q;;;;;;+2/p-2. The molecule has 0 aliphatic carbocycles. The second-order valence-corrected chi connectivity index (χ2v) is 12.5. The van der Waals surface area contributed by atoms with Gasteiger partial charge in [0.25, 0.3) is 0 Å². The van der Waals surface area contributed by atoms with Gasteiger partial charge in [0.05, 0.1) is 57.8 Å². The zero-order valence-corrected chi connectivity index (χ0v) is 35.9. The zero-order valence-electron chi connectivity index (χ0n) is 33.0. The molecule has 8 aromatic rings. The maximum Gasteiger partial charge on any atom is 2.00 e. The Morgan fingerprint density at radius 2 is 0.678 bits per heavy atom. The molecule has 2 aromatic heterocycles. The summed E-state index contributed by atoms with van der Waals surface area (Å²) >= 11 is 0. The van der Waals surface area contributed by atoms with Gasteiger partial charge in [-0.3, -0.25) is 0 Å². The number of rotatable bonds is 4. The van der Waals surface area contributed by atoms with Gasteiger partial charge in [-0.05, 0) is 87.4 Å². The van der Waals surface area contributed by atoms with E-state index in [0.29, 0.717) is 11.1 Å². The summed E-state index contributed by atoms with van der Waals surface area (Å²) in [5, 5.41) is 37.4. The molecule has 6 aromatic carbocycles. The van der Waals surface area contributed by atoms with Crippen LogP contribution >= 0.6 is 0 Å². The summed E-state index contributed by atoms with van der Waals surface area (Å²) in [5.74, 6) is -4.00. The molecule has 0 unspecified atom stereocenters. The molecule has 0 fully saturated rings. The maximum absolute atomic E-state index is 10.3. The topological polar surface area (TPSA) is 212 Å². The van der Waals surface area contributed by atoms with Gasteiger partial charge < -0.3 is 40.0 Å². The van der Waals surface area contributed by atoms with E-state index in [9.17, 15) is 29.4 Å². The fraction of sp³-hybridized carbons (Fsp3) is 0.0870. The second-order valence-electron chi connectivity index (χ2n) is 12.5. The van der Waals surface area contributed by atoms with Gasteiger partial charge in [0.2, 0.25) is 0 Å². The van der Waals surface area contributed by atoms with Crippen LogP contribution in [-0.4, -0.2) is 54.0 Å². The number of H-pyrrole nitrogens is 2. The van der Waals surface area contributed by atoms with E-state index in [1.165, 1.54) is 24.3 Å². The number of nitrogens with zero attached hydrogens (tertiary/aromatic N) is 2. The van der Waals surface area contributed by atoms with E-state index in [1.54, 1.807) is 85.5 Å². The number of hydrogen-bond acceptors (Lipinski definition) is 8. The first-order valence-corrected chi connectivity index (χ1v) is 17.7. The Kier molecular flexibility index (Phi) is 20.4. The average molecular weight is 844 g/mol. The van der Waals surface area contributed by atoms with E-state index in [4.69, 9.17) is 10.2 Å². The predicted molar refractivity (Wildman–Crippen MR) is 219 cm³/mol. The molecule has 0 saturated carbocycles. The van der Waals surface area contributed by atoms with Crippen LogP contribution in [0.3, 0.4) is 0 Å². The molecule has 4 N–H and O–H groups in total. The Labute approximate surface area is 354 Å². The van der Waals surface area contributed by atoms with Crippen molar-refractivity contribution in [3.63, 3.8) is 0 Å². The average Bonchev–Trinajstić information content (AvgIpc) is 3.90. The number of aromatic amines is 2. The fourth-order valence-corrected chi connectivity index (χ4v) is 4.53. The Hall–Kier alpha value is -7.24. The van der Waals surface area contributed by atoms with Crippen LogP contribution in [0, 0.1) is 27.7 Å². The minimum atomic E-state index is -1.12. The molecular weight excluding hydrogens is 802 g/mol. The first-order valence-electron chi connectivity index (χ1n) is 17.7. The number of fused-ring (bicyclic) bond motifs is 2. The van der Waals surface area contributed by atoms with E-state index < -0.39 is 23.9 Å². The number of nitrogens with one attached hydrogen (secondary N) is 2. The zero-order chi connectivity index (χ0) is 42.5. The van der Waals surface area contributed by atoms with Gasteiger partial charge in [-0.1, -0.05) is 119 Å². The van der Waals surface area contributed by atoms with Crippen LogP contribution in [0.2, 0.25) is 0 Å². The number of hydrogen-bond donors (Lipinski definition) is 4. The van der Waals surface area contributed by atoms with E-state index in [-0.39, 0.29) is 30.6 Å². The number of para-hydroxylation sites is 4. The molecule has 59 heavy (non-hydrogen) atoms. The molecule has 0 atom stereocenters. The molecule has 0 aliphatic heterocycles. The van der Waals surface area contributed by atoms with Gasteiger partial charge >= 0.3 is 31.4 Å². The Morgan fingerprint density at radius 3 is 0.915 bits per heavy atom. The van der Waals surface area contributed by atoms with E-state index in [0.717, 1.165) is 44.3 Å². The molecule has 8 rings (SSSR count). The molecular formula is C46H42N4O8Zn. The molecule has 2 heterocycles. The van der Waals surface area contributed by atoms with Crippen molar-refractivity contribution < 1.29 is 59.1 Å². The van der Waals surface area contributed by atoms with Crippen LogP contribution < -0.4 is 10.2 Å². The third-order valence-corrected chi connectivity index (χ3v) is 7.83. The molecule has 0 aliphatic rings. The van der Waals surface area contributed by atoms with Gasteiger partial charge in [-0.25, -0.2) is 19.6 Å². The molecule has 0 amide bonds. The number of carboxylic acid groups (broad SMARTS) is 4. The molecule has 12 nitrogen and oxygen atoms in total. The smallest absolute Gasteiger partial charge is 0.545 e. The Bertz CT molecular complexity index is 2150. The Balaban J connectivity index is 0.000000243. The quantitative estimate of drug-likeness (QED) is 0.131. The molecule has 13 heteroatoms. The van der Waals surface area contributed by atoms with Crippen molar-refractivity contribution in [2.45, 2.75) is 27.7 Å². The van der Waals surface area contributed by atoms with Gasteiger partial charge in [-0.2, -0.15) is 0 Å². The van der Waals surface area contributed by atoms with Crippen molar-refractivity contribution in [2.75, 3.05) is 0 Å². The largest absolute Gasteiger partial charge is 2.00 e. The molecule has 0 spiro atoms. The summed E-state index contributed by atoms with van der Waals surface area (Å²) < 4.78 is 0. The van der Waals surface area contributed by atoms with Gasteiger partial charge in [0.15, 0.2) is 0 Å². The summed E-state index contributed by atoms with van der Waals surface area (Å²) in [5.41, 5.74) is 9.61. The van der Waals surface area contributed by atoms with Crippen LogP contribution in [0.4, 0.5) is 0 Å². The maximum atomic E-state index is 10.3. The van der Waals surface area contributed by atoms with Crippen molar-refractivity contribution in [1.82, 2.24) is 19.9 Å². The number of aryl methyl sites for hydroxylation is 4. The normalized spacial score (nSPS) is 9.42. The Morgan fingerprint density at radius 1 is 0.424 bits per heavy atom. The van der Waals surface area contributed by atoms with E-state index >= 15 is 0 Å². The summed E-state index contributed by atoms with van der Waals surface area (Å²) in [6, 6.07) is 42.5. The minimum Gasteiger partial charge on any atom is -0.545 e. The predicted octanol–water partition coefficient (Wildman–Crippen LogP) is 7.23. The van der Waals surface area contributed by atoms with Gasteiger partial charge in [-0.15, -0.1) is 0 Å². The van der Waals surface area contributed by atoms with Gasteiger partial charge in [0, 0.05) is 0 Å². The van der Waals surface area contributed by atoms with Crippen LogP contribution in [0.25, 0.3) is 22.1 Å². The van der Waals surface area contributed by atoms with Crippen molar-refractivity contribution in [2.24, 2.45) is 0 Å². The summed E-state index contributed by atoms with van der Waals surface area (Å²) in [4.78, 5) is 55.2. The van der Waals surface area contributed by atoms with E-state index in [2.05, 4.69) is 19.9 Å². The molecule has 0 bridgehead atoms. The SMILES string of the molecule is Cc1ccc(C(=O)O)cc1.Cc1ccc(C(=O)O)cc1.Cc1ccc(C(=O)[O-])cc1.Cc1ccc(C(=O)[O-])cc1.[Zn+2].c1ccc2[nH]cnc2c1.c1ccc2[nH]cnc2c1. The summed E-state index contributed by atoms with van der Waals surface area (Å²) in [7, 11) is 0. The van der Waals surface area contributed by atoms with E-state index in [1.807, 2.05) is 76.2 Å². The fourth-order valence-electron chi connectivity index (χ4n) is 4.53. The molecule has 0 saturated heterocycles. The minimum absolute atomic E-state index is 0. The van der Waals surface area contributed by atoms with Crippen LogP contribution in [0.5, 0.6) is 0 Å². The number of aromatic carboxylic acids is 4. The van der Waals surface area contributed by atoms with Crippen molar-refractivity contribution in [3.8, 4) is 0 Å². The van der Waals surface area contributed by atoms with Crippen LogP contribution in [0.15, 0.2) is 158 Å². The van der Waals surface area contributed by atoms with Crippen LogP contribution in [-0.2, 0) is 19.5 Å². The third-order valence-electron chi connectivity index (χ3n) is 7.83. The number of imidazole rings is 2. The number of carbonyl (C=O) groups is 4. The third kappa shape index (κ3) is 17.6. The first-order chi connectivity index (χ1) is 27.7. The van der Waals surface area contributed by atoms with Crippen molar-refractivity contribution >= 4 is 45.9 Å². The summed E-state index contributed by atoms with van der Waals surface area (Å²) in [6.07, 6.45) is 3.40. The first kappa shape index (κ1) is 47.9. The second kappa shape index (κ2) is 25.1. The van der Waals surface area contributed by atoms with Gasteiger partial charge in [0.1, 0.15) is 0 Å². The van der Waals surface area contributed by atoms with Crippen LogP contribution in [0.1, 0.15) is 63.7 Å². The van der Waals surface area contributed by atoms with Crippen molar-refractivity contribution in [1.29, 1.82) is 0 Å². The van der Waals surface area contributed by atoms with Crippen molar-refractivity contribution in [3.05, 3.63) is 203 Å². The number of benzene rings is 6. The monoisotopic (exact) mass is 842 g/mol.